The predicted octanol–water partition coefficient (Wildman–Crippen LogP) is 3.44. The molecular weight excluding hydrogens is 352 g/mol. The lowest BCUT2D eigenvalue weighted by Gasteiger charge is -2.14. The van der Waals surface area contributed by atoms with Crippen LogP contribution in [0.1, 0.15) is 0 Å². The SMILES string of the molecule is COc1cc(NS(=O)(=O)c2cc(F)cc(F)c2)c(OC)cc1Cl. The van der Waals surface area contributed by atoms with Crippen LogP contribution < -0.4 is 14.2 Å². The van der Waals surface area contributed by atoms with Gasteiger partial charge in [-0.2, -0.15) is 0 Å². The Morgan fingerprint density at radius 2 is 1.52 bits per heavy atom. The zero-order valence-corrected chi connectivity index (χ0v) is 13.6. The summed E-state index contributed by atoms with van der Waals surface area (Å²) in [5.41, 5.74) is 0.0124. The Hall–Kier alpha value is -2.06. The van der Waals surface area contributed by atoms with Crippen LogP contribution in [0.25, 0.3) is 0 Å². The Balaban J connectivity index is 2.48. The van der Waals surface area contributed by atoms with Crippen LogP contribution in [0.2, 0.25) is 5.02 Å². The molecule has 0 heterocycles. The highest BCUT2D eigenvalue weighted by Crippen LogP contribution is 2.36. The first kappa shape index (κ1) is 17.3. The summed E-state index contributed by atoms with van der Waals surface area (Å²) in [6.45, 7) is 0. The van der Waals surface area contributed by atoms with Crippen LogP contribution in [0.4, 0.5) is 14.5 Å². The summed E-state index contributed by atoms with van der Waals surface area (Å²) >= 11 is 5.93. The Bertz CT molecular complexity index is 823. The van der Waals surface area contributed by atoms with Gasteiger partial charge in [0.25, 0.3) is 10.0 Å². The molecule has 0 unspecified atom stereocenters. The standard InChI is InChI=1S/C14H12ClF2NO4S/c1-21-13-7-12(14(22-2)6-11(13)15)18-23(19,20)10-4-8(16)3-9(17)5-10/h3-7,18H,1-2H3. The molecule has 0 saturated carbocycles. The molecule has 0 fully saturated rings. The highest BCUT2D eigenvalue weighted by Gasteiger charge is 2.20. The minimum atomic E-state index is -4.24. The van der Waals surface area contributed by atoms with Crippen molar-refractivity contribution in [2.45, 2.75) is 4.90 Å². The molecule has 2 aromatic rings. The summed E-state index contributed by atoms with van der Waals surface area (Å²) in [4.78, 5) is -0.564. The number of nitrogens with one attached hydrogen (secondary N) is 1. The molecule has 124 valence electrons. The van der Waals surface area contributed by atoms with Crippen molar-refractivity contribution in [1.29, 1.82) is 0 Å². The van der Waals surface area contributed by atoms with Gasteiger partial charge in [-0.1, -0.05) is 11.6 Å². The van der Waals surface area contributed by atoms with E-state index in [2.05, 4.69) is 4.72 Å². The van der Waals surface area contributed by atoms with Crippen molar-refractivity contribution in [1.82, 2.24) is 0 Å². The lowest BCUT2D eigenvalue weighted by Crippen LogP contribution is -2.14. The van der Waals surface area contributed by atoms with Crippen LogP contribution in [0, 0.1) is 11.6 Å². The second kappa shape index (κ2) is 6.59. The first-order valence-electron chi connectivity index (χ1n) is 6.17. The van der Waals surface area contributed by atoms with Crippen LogP contribution in [0.15, 0.2) is 35.2 Å². The lowest BCUT2D eigenvalue weighted by atomic mass is 10.3. The highest BCUT2D eigenvalue weighted by molar-refractivity contribution is 7.92. The fourth-order valence-corrected chi connectivity index (χ4v) is 3.16. The Labute approximate surface area is 136 Å². The maximum atomic E-state index is 13.2. The van der Waals surface area contributed by atoms with E-state index in [4.69, 9.17) is 21.1 Å². The summed E-state index contributed by atoms with van der Waals surface area (Å²) in [5.74, 6) is -1.69. The molecule has 23 heavy (non-hydrogen) atoms. The van der Waals surface area contributed by atoms with Gasteiger partial charge in [-0.3, -0.25) is 4.72 Å². The molecule has 0 atom stereocenters. The first-order valence-corrected chi connectivity index (χ1v) is 8.03. The third-order valence-corrected chi connectivity index (χ3v) is 4.50. The first-order chi connectivity index (χ1) is 10.8. The van der Waals surface area contributed by atoms with E-state index in [-0.39, 0.29) is 22.2 Å². The quantitative estimate of drug-likeness (QED) is 0.883. The zero-order chi connectivity index (χ0) is 17.2. The number of benzene rings is 2. The van der Waals surface area contributed by atoms with Gasteiger partial charge in [-0.15, -0.1) is 0 Å². The van der Waals surface area contributed by atoms with Gasteiger partial charge in [0, 0.05) is 18.2 Å². The topological polar surface area (TPSA) is 64.6 Å². The molecule has 2 rings (SSSR count). The number of rotatable bonds is 5. The Morgan fingerprint density at radius 3 is 2.04 bits per heavy atom. The number of halogens is 3. The van der Waals surface area contributed by atoms with Crippen LogP contribution in [-0.2, 0) is 10.0 Å². The summed E-state index contributed by atoms with van der Waals surface area (Å²) in [7, 11) is -1.57. The molecule has 0 radical (unpaired) electrons. The fourth-order valence-electron chi connectivity index (χ4n) is 1.83. The van der Waals surface area contributed by atoms with Crippen molar-refractivity contribution in [3.8, 4) is 11.5 Å². The van der Waals surface area contributed by atoms with E-state index in [0.29, 0.717) is 18.2 Å². The largest absolute Gasteiger partial charge is 0.495 e. The van der Waals surface area contributed by atoms with Crippen molar-refractivity contribution < 1.29 is 26.7 Å². The molecule has 0 saturated heterocycles. The third-order valence-electron chi connectivity index (χ3n) is 2.86. The van der Waals surface area contributed by atoms with E-state index in [9.17, 15) is 17.2 Å². The maximum absolute atomic E-state index is 13.2. The van der Waals surface area contributed by atoms with Crippen molar-refractivity contribution in [2.24, 2.45) is 0 Å². The fraction of sp³-hybridized carbons (Fsp3) is 0.143. The predicted molar refractivity (Wildman–Crippen MR) is 81.7 cm³/mol. The second-order valence-electron chi connectivity index (χ2n) is 4.40. The molecule has 0 aromatic heterocycles. The van der Waals surface area contributed by atoms with Gasteiger partial charge in [0.2, 0.25) is 0 Å². The van der Waals surface area contributed by atoms with Gasteiger partial charge in [0.1, 0.15) is 23.1 Å². The van der Waals surface area contributed by atoms with Crippen LogP contribution in [-0.4, -0.2) is 22.6 Å². The van der Waals surface area contributed by atoms with E-state index < -0.39 is 26.6 Å². The molecule has 0 bridgehead atoms. The number of anilines is 1. The van der Waals surface area contributed by atoms with Crippen molar-refractivity contribution in [3.05, 3.63) is 47.0 Å². The van der Waals surface area contributed by atoms with Gasteiger partial charge in [0.05, 0.1) is 29.8 Å². The Morgan fingerprint density at radius 1 is 0.957 bits per heavy atom. The average molecular weight is 364 g/mol. The number of hydrogen-bond donors (Lipinski definition) is 1. The molecule has 0 aliphatic carbocycles. The smallest absolute Gasteiger partial charge is 0.262 e. The number of hydrogen-bond acceptors (Lipinski definition) is 4. The summed E-state index contributed by atoms with van der Waals surface area (Å²) < 4.78 is 63.2. The molecule has 0 amide bonds. The van der Waals surface area contributed by atoms with Crippen LogP contribution >= 0.6 is 11.6 Å². The van der Waals surface area contributed by atoms with Gasteiger partial charge in [-0.25, -0.2) is 17.2 Å². The third kappa shape index (κ3) is 3.83. The molecule has 1 N–H and O–H groups in total. The second-order valence-corrected chi connectivity index (χ2v) is 6.49. The molecule has 0 spiro atoms. The zero-order valence-electron chi connectivity index (χ0n) is 12.1. The van der Waals surface area contributed by atoms with Crippen molar-refractivity contribution >= 4 is 27.3 Å². The normalized spacial score (nSPS) is 11.2. The molecule has 9 heteroatoms. The van der Waals surface area contributed by atoms with Gasteiger partial charge < -0.3 is 9.47 Å². The maximum Gasteiger partial charge on any atom is 0.262 e. The van der Waals surface area contributed by atoms with E-state index in [1.807, 2.05) is 0 Å². The minimum absolute atomic E-state index is 0.0124. The number of methoxy groups -OCH3 is 2. The summed E-state index contributed by atoms with van der Waals surface area (Å²) in [6, 6.07) is 4.62. The van der Waals surface area contributed by atoms with Crippen LogP contribution in [0.3, 0.4) is 0 Å². The highest BCUT2D eigenvalue weighted by atomic mass is 35.5. The molecule has 5 nitrogen and oxygen atoms in total. The molecule has 0 aliphatic heterocycles. The number of sulfonamides is 1. The van der Waals surface area contributed by atoms with E-state index in [1.54, 1.807) is 0 Å². The summed E-state index contributed by atoms with van der Waals surface area (Å²) in [6.07, 6.45) is 0. The molecular formula is C14H12ClF2NO4S. The van der Waals surface area contributed by atoms with Crippen molar-refractivity contribution in [3.63, 3.8) is 0 Å². The number of ether oxygens (including phenoxy) is 2. The minimum Gasteiger partial charge on any atom is -0.495 e. The van der Waals surface area contributed by atoms with E-state index >= 15 is 0 Å². The molecule has 0 aliphatic rings. The molecule has 2 aromatic carbocycles. The van der Waals surface area contributed by atoms with Crippen molar-refractivity contribution in [2.75, 3.05) is 18.9 Å². The monoisotopic (exact) mass is 363 g/mol. The van der Waals surface area contributed by atoms with Gasteiger partial charge in [-0.05, 0) is 12.1 Å². The Kier molecular flexibility index (Phi) is 4.96. The summed E-state index contributed by atoms with van der Waals surface area (Å²) in [5, 5.41) is 0.212. The average Bonchev–Trinajstić information content (AvgIpc) is 2.47. The van der Waals surface area contributed by atoms with Gasteiger partial charge >= 0.3 is 0 Å². The van der Waals surface area contributed by atoms with Gasteiger partial charge in [0.15, 0.2) is 0 Å². The van der Waals surface area contributed by atoms with E-state index in [1.165, 1.54) is 26.4 Å². The van der Waals surface area contributed by atoms with Crippen LogP contribution in [0.5, 0.6) is 11.5 Å². The van der Waals surface area contributed by atoms with E-state index in [0.717, 1.165) is 0 Å². The lowest BCUT2D eigenvalue weighted by molar-refractivity contribution is 0.405.